The average molecular weight is 252 g/mol. The molecule has 1 heterocycles. The highest BCUT2D eigenvalue weighted by atomic mass is 79.9. The summed E-state index contributed by atoms with van der Waals surface area (Å²) in [5.74, 6) is 0.550. The van der Waals surface area contributed by atoms with Crippen LogP contribution in [0.5, 0.6) is 0 Å². The highest BCUT2D eigenvalue weighted by Crippen LogP contribution is 2.30. The molecule has 0 radical (unpaired) electrons. The summed E-state index contributed by atoms with van der Waals surface area (Å²) >= 11 is 3.56. The summed E-state index contributed by atoms with van der Waals surface area (Å²) in [6, 6.07) is 6.32. The summed E-state index contributed by atoms with van der Waals surface area (Å²) in [5.41, 5.74) is 3.93. The van der Waals surface area contributed by atoms with Gasteiger partial charge in [-0.05, 0) is 40.4 Å². The minimum absolute atomic E-state index is 0.550. The normalized spacial score (nSPS) is 11.5. The first-order valence-corrected chi connectivity index (χ1v) is 5.67. The topological polar surface area (TPSA) is 15.8 Å². The molecule has 0 fully saturated rings. The molecular formula is C12H14BrN. The second-order valence-corrected chi connectivity index (χ2v) is 4.84. The number of halogens is 1. The molecule has 1 aromatic heterocycles. The van der Waals surface area contributed by atoms with E-state index in [1.54, 1.807) is 0 Å². The molecule has 1 aromatic carbocycles. The van der Waals surface area contributed by atoms with Gasteiger partial charge in [0.2, 0.25) is 0 Å². The molecule has 1 nitrogen and oxygen atoms in total. The summed E-state index contributed by atoms with van der Waals surface area (Å²) in [6.45, 7) is 6.61. The Hall–Kier alpha value is -0.760. The fraction of sp³-hybridized carbons (Fsp3) is 0.333. The smallest absolute Gasteiger partial charge is 0.0603 e. The number of benzene rings is 1. The van der Waals surface area contributed by atoms with E-state index in [0.29, 0.717) is 5.92 Å². The van der Waals surface area contributed by atoms with Crippen LogP contribution in [0.2, 0.25) is 0 Å². The van der Waals surface area contributed by atoms with E-state index in [1.807, 2.05) is 0 Å². The third-order valence-corrected chi connectivity index (χ3v) is 3.32. The van der Waals surface area contributed by atoms with Crippen molar-refractivity contribution in [3.05, 3.63) is 33.9 Å². The fourth-order valence-electron chi connectivity index (χ4n) is 1.91. The standard InChI is InChI=1S/C12H14BrN/c1-7(2)11-8(3)9-5-4-6-10(13)12(9)14-11/h4-7,14H,1-3H3. The minimum atomic E-state index is 0.550. The second kappa shape index (κ2) is 3.43. The maximum atomic E-state index is 3.56. The van der Waals surface area contributed by atoms with Gasteiger partial charge in [0.1, 0.15) is 0 Å². The summed E-state index contributed by atoms with van der Waals surface area (Å²) < 4.78 is 1.14. The van der Waals surface area contributed by atoms with Gasteiger partial charge >= 0.3 is 0 Å². The number of aromatic nitrogens is 1. The van der Waals surface area contributed by atoms with Gasteiger partial charge in [-0.1, -0.05) is 26.0 Å². The monoisotopic (exact) mass is 251 g/mol. The van der Waals surface area contributed by atoms with E-state index in [9.17, 15) is 0 Å². The molecule has 2 aromatic rings. The van der Waals surface area contributed by atoms with Crippen molar-refractivity contribution in [2.45, 2.75) is 26.7 Å². The molecule has 0 saturated carbocycles. The van der Waals surface area contributed by atoms with E-state index < -0.39 is 0 Å². The van der Waals surface area contributed by atoms with E-state index in [-0.39, 0.29) is 0 Å². The molecule has 0 bridgehead atoms. The Bertz CT molecular complexity index is 468. The summed E-state index contributed by atoms with van der Waals surface area (Å²) in [6.07, 6.45) is 0. The highest BCUT2D eigenvalue weighted by molar-refractivity contribution is 9.10. The van der Waals surface area contributed by atoms with Gasteiger partial charge in [-0.3, -0.25) is 0 Å². The number of hydrogen-bond donors (Lipinski definition) is 1. The van der Waals surface area contributed by atoms with Crippen LogP contribution in [0.3, 0.4) is 0 Å². The van der Waals surface area contributed by atoms with Crippen molar-refractivity contribution < 1.29 is 0 Å². The van der Waals surface area contributed by atoms with Gasteiger partial charge in [-0.25, -0.2) is 0 Å². The zero-order valence-corrected chi connectivity index (χ0v) is 10.3. The molecule has 0 aliphatic rings. The van der Waals surface area contributed by atoms with Crippen LogP contribution in [-0.2, 0) is 0 Å². The third-order valence-electron chi connectivity index (χ3n) is 2.66. The third kappa shape index (κ3) is 1.38. The zero-order chi connectivity index (χ0) is 10.3. The van der Waals surface area contributed by atoms with E-state index in [0.717, 1.165) is 4.47 Å². The number of aryl methyl sites for hydroxylation is 1. The van der Waals surface area contributed by atoms with Crippen LogP contribution in [0, 0.1) is 6.92 Å². The number of para-hydroxylation sites is 1. The molecular weight excluding hydrogens is 238 g/mol. The molecule has 2 heteroatoms. The fourth-order valence-corrected chi connectivity index (χ4v) is 2.38. The molecule has 0 spiro atoms. The van der Waals surface area contributed by atoms with Crippen molar-refractivity contribution in [2.75, 3.05) is 0 Å². The van der Waals surface area contributed by atoms with Gasteiger partial charge < -0.3 is 4.98 Å². The highest BCUT2D eigenvalue weighted by Gasteiger charge is 2.11. The average Bonchev–Trinajstić information content (AvgIpc) is 2.46. The van der Waals surface area contributed by atoms with Crippen molar-refractivity contribution in [3.8, 4) is 0 Å². The number of nitrogens with one attached hydrogen (secondary N) is 1. The van der Waals surface area contributed by atoms with Crippen LogP contribution in [0.25, 0.3) is 10.9 Å². The Morgan fingerprint density at radius 2 is 2.00 bits per heavy atom. The first-order valence-electron chi connectivity index (χ1n) is 4.88. The Morgan fingerprint density at radius 3 is 2.57 bits per heavy atom. The van der Waals surface area contributed by atoms with Gasteiger partial charge in [-0.15, -0.1) is 0 Å². The van der Waals surface area contributed by atoms with Crippen LogP contribution in [-0.4, -0.2) is 4.98 Å². The van der Waals surface area contributed by atoms with Crippen LogP contribution in [0.4, 0.5) is 0 Å². The molecule has 0 aliphatic carbocycles. The van der Waals surface area contributed by atoms with Gasteiger partial charge in [0.05, 0.1) is 5.52 Å². The Kier molecular flexibility index (Phi) is 2.40. The van der Waals surface area contributed by atoms with Crippen molar-refractivity contribution in [1.82, 2.24) is 4.98 Å². The summed E-state index contributed by atoms with van der Waals surface area (Å²) in [5, 5.41) is 1.32. The minimum Gasteiger partial charge on any atom is -0.357 e. The lowest BCUT2D eigenvalue weighted by Crippen LogP contribution is -1.88. The maximum Gasteiger partial charge on any atom is 0.0603 e. The van der Waals surface area contributed by atoms with Crippen molar-refractivity contribution in [2.24, 2.45) is 0 Å². The Morgan fingerprint density at radius 1 is 1.29 bits per heavy atom. The molecule has 0 amide bonds. The lowest BCUT2D eigenvalue weighted by Gasteiger charge is -2.02. The Labute approximate surface area is 92.6 Å². The van der Waals surface area contributed by atoms with Gasteiger partial charge in [0.15, 0.2) is 0 Å². The van der Waals surface area contributed by atoms with Crippen LogP contribution < -0.4 is 0 Å². The van der Waals surface area contributed by atoms with Gasteiger partial charge in [-0.2, -0.15) is 0 Å². The predicted octanol–water partition coefficient (Wildman–Crippen LogP) is 4.36. The first-order chi connectivity index (χ1) is 6.61. The SMILES string of the molecule is Cc1c(C(C)C)[nH]c2c(Br)cccc12. The van der Waals surface area contributed by atoms with Crippen LogP contribution in [0.15, 0.2) is 22.7 Å². The maximum absolute atomic E-state index is 3.56. The summed E-state index contributed by atoms with van der Waals surface area (Å²) in [7, 11) is 0. The molecule has 0 saturated heterocycles. The molecule has 0 unspecified atom stereocenters. The number of hydrogen-bond acceptors (Lipinski definition) is 0. The first kappa shape index (κ1) is 9.78. The molecule has 2 rings (SSSR count). The molecule has 74 valence electrons. The van der Waals surface area contributed by atoms with Crippen LogP contribution >= 0.6 is 15.9 Å². The van der Waals surface area contributed by atoms with E-state index in [4.69, 9.17) is 0 Å². The lowest BCUT2D eigenvalue weighted by molar-refractivity contribution is 0.827. The van der Waals surface area contributed by atoms with E-state index in [2.05, 4.69) is 59.9 Å². The second-order valence-electron chi connectivity index (χ2n) is 3.98. The number of H-pyrrole nitrogens is 1. The van der Waals surface area contributed by atoms with Crippen molar-refractivity contribution in [3.63, 3.8) is 0 Å². The molecule has 1 N–H and O–H groups in total. The predicted molar refractivity (Wildman–Crippen MR) is 64.8 cm³/mol. The lowest BCUT2D eigenvalue weighted by atomic mass is 10.1. The van der Waals surface area contributed by atoms with Crippen LogP contribution in [0.1, 0.15) is 31.0 Å². The van der Waals surface area contributed by atoms with Crippen molar-refractivity contribution in [1.29, 1.82) is 0 Å². The van der Waals surface area contributed by atoms with Crippen molar-refractivity contribution >= 4 is 26.8 Å². The zero-order valence-electron chi connectivity index (χ0n) is 8.69. The molecule has 0 aliphatic heterocycles. The number of rotatable bonds is 1. The van der Waals surface area contributed by atoms with Gasteiger partial charge in [0.25, 0.3) is 0 Å². The van der Waals surface area contributed by atoms with E-state index in [1.165, 1.54) is 22.2 Å². The Balaban J connectivity index is 2.80. The molecule has 14 heavy (non-hydrogen) atoms. The summed E-state index contributed by atoms with van der Waals surface area (Å²) in [4.78, 5) is 3.48. The quantitative estimate of drug-likeness (QED) is 0.776. The largest absolute Gasteiger partial charge is 0.357 e. The number of fused-ring (bicyclic) bond motifs is 1. The molecule has 0 atom stereocenters. The van der Waals surface area contributed by atoms with Gasteiger partial charge in [0, 0.05) is 15.6 Å². The van der Waals surface area contributed by atoms with E-state index >= 15 is 0 Å². The number of aromatic amines is 1.